The fraction of sp³-hybridized carbons (Fsp3) is 0.900. The Hall–Kier alpha value is -0.770. The normalized spacial score (nSPS) is 23.6. The van der Waals surface area contributed by atoms with Gasteiger partial charge >= 0.3 is 6.09 Å². The number of hydrogen-bond donors (Lipinski definition) is 2. The van der Waals surface area contributed by atoms with Crippen LogP contribution in [0.15, 0.2) is 0 Å². The highest BCUT2D eigenvalue weighted by Crippen LogP contribution is 2.13. The number of nitrogens with zero attached hydrogens (tertiary/aromatic N) is 1. The van der Waals surface area contributed by atoms with Crippen LogP contribution in [0.4, 0.5) is 4.79 Å². The Morgan fingerprint density at radius 1 is 1.50 bits per heavy atom. The third-order valence-electron chi connectivity index (χ3n) is 2.33. The first kappa shape index (κ1) is 11.3. The van der Waals surface area contributed by atoms with Gasteiger partial charge in [-0.2, -0.15) is 0 Å². The van der Waals surface area contributed by atoms with Gasteiger partial charge < -0.3 is 15.3 Å². The van der Waals surface area contributed by atoms with Crippen LogP contribution in [-0.2, 0) is 0 Å². The molecular formula is C10H20N2O2. The van der Waals surface area contributed by atoms with Crippen molar-refractivity contribution in [2.24, 2.45) is 0 Å². The Labute approximate surface area is 85.3 Å². The summed E-state index contributed by atoms with van der Waals surface area (Å²) < 4.78 is 0. The SMILES string of the molecule is CC(C)(C)N[C@@H]1CCCN(C(=O)O)C1. The zero-order valence-corrected chi connectivity index (χ0v) is 9.21. The molecule has 0 aromatic carbocycles. The maximum absolute atomic E-state index is 10.8. The summed E-state index contributed by atoms with van der Waals surface area (Å²) in [4.78, 5) is 12.3. The monoisotopic (exact) mass is 200 g/mol. The molecule has 0 bridgehead atoms. The first-order valence-electron chi connectivity index (χ1n) is 5.14. The Kier molecular flexibility index (Phi) is 3.37. The molecule has 1 aliphatic rings. The zero-order valence-electron chi connectivity index (χ0n) is 9.21. The second kappa shape index (κ2) is 4.17. The smallest absolute Gasteiger partial charge is 0.407 e. The average Bonchev–Trinajstić information content (AvgIpc) is 2.01. The van der Waals surface area contributed by atoms with E-state index in [1.165, 1.54) is 4.90 Å². The molecule has 1 rings (SSSR count). The molecule has 1 aliphatic heterocycles. The van der Waals surface area contributed by atoms with Crippen LogP contribution in [0.3, 0.4) is 0 Å². The van der Waals surface area contributed by atoms with Crippen molar-refractivity contribution in [3.63, 3.8) is 0 Å². The number of carboxylic acid groups (broad SMARTS) is 1. The van der Waals surface area contributed by atoms with E-state index in [1.54, 1.807) is 0 Å². The van der Waals surface area contributed by atoms with E-state index >= 15 is 0 Å². The summed E-state index contributed by atoms with van der Waals surface area (Å²) in [5.41, 5.74) is 0.0617. The molecule has 82 valence electrons. The van der Waals surface area contributed by atoms with Gasteiger partial charge in [-0.25, -0.2) is 4.79 Å². The van der Waals surface area contributed by atoms with Crippen LogP contribution in [0.1, 0.15) is 33.6 Å². The van der Waals surface area contributed by atoms with E-state index in [0.717, 1.165) is 12.8 Å². The summed E-state index contributed by atoms with van der Waals surface area (Å²) in [5.74, 6) is 0. The molecule has 1 atom stereocenters. The standard InChI is InChI=1S/C10H20N2O2/c1-10(2,3)11-8-5-4-6-12(7-8)9(13)14/h8,11H,4-7H2,1-3H3,(H,13,14)/t8-/m1/s1. The lowest BCUT2D eigenvalue weighted by atomic mass is 10.0. The van der Waals surface area contributed by atoms with Crippen molar-refractivity contribution in [1.82, 2.24) is 10.2 Å². The minimum absolute atomic E-state index is 0.0617. The zero-order chi connectivity index (χ0) is 10.8. The molecule has 1 fully saturated rings. The molecule has 0 spiro atoms. The third kappa shape index (κ3) is 3.54. The van der Waals surface area contributed by atoms with Crippen molar-refractivity contribution in [2.45, 2.75) is 45.2 Å². The molecule has 14 heavy (non-hydrogen) atoms. The quantitative estimate of drug-likeness (QED) is 0.674. The minimum atomic E-state index is -0.801. The lowest BCUT2D eigenvalue weighted by Crippen LogP contribution is -2.52. The molecule has 1 amide bonds. The summed E-state index contributed by atoms with van der Waals surface area (Å²) in [6, 6.07) is 0.305. The predicted molar refractivity (Wildman–Crippen MR) is 55.5 cm³/mol. The van der Waals surface area contributed by atoms with E-state index in [-0.39, 0.29) is 5.54 Å². The predicted octanol–water partition coefficient (Wildman–Crippen LogP) is 1.52. The molecule has 1 saturated heterocycles. The van der Waals surface area contributed by atoms with Gasteiger partial charge in [0.2, 0.25) is 0 Å². The largest absolute Gasteiger partial charge is 0.465 e. The maximum Gasteiger partial charge on any atom is 0.407 e. The van der Waals surface area contributed by atoms with Gasteiger partial charge in [0.05, 0.1) is 0 Å². The van der Waals surface area contributed by atoms with E-state index in [4.69, 9.17) is 5.11 Å². The van der Waals surface area contributed by atoms with E-state index in [1.807, 2.05) is 0 Å². The van der Waals surface area contributed by atoms with Gasteiger partial charge in [-0.3, -0.25) is 0 Å². The topological polar surface area (TPSA) is 52.6 Å². The van der Waals surface area contributed by atoms with Gasteiger partial charge in [-0.15, -0.1) is 0 Å². The van der Waals surface area contributed by atoms with Crippen LogP contribution in [0.2, 0.25) is 0 Å². The molecule has 1 heterocycles. The number of nitrogens with one attached hydrogen (secondary N) is 1. The van der Waals surface area contributed by atoms with Gasteiger partial charge in [-0.05, 0) is 33.6 Å². The third-order valence-corrected chi connectivity index (χ3v) is 2.33. The number of piperidine rings is 1. The number of hydrogen-bond acceptors (Lipinski definition) is 2. The molecule has 4 heteroatoms. The number of rotatable bonds is 1. The average molecular weight is 200 g/mol. The first-order valence-corrected chi connectivity index (χ1v) is 5.14. The molecule has 0 saturated carbocycles. The van der Waals surface area contributed by atoms with Gasteiger partial charge in [0.25, 0.3) is 0 Å². The Balaban J connectivity index is 2.44. The van der Waals surface area contributed by atoms with Crippen LogP contribution < -0.4 is 5.32 Å². The van der Waals surface area contributed by atoms with Crippen molar-refractivity contribution in [3.05, 3.63) is 0 Å². The van der Waals surface area contributed by atoms with Crippen molar-refractivity contribution in [2.75, 3.05) is 13.1 Å². The highest BCUT2D eigenvalue weighted by Gasteiger charge is 2.25. The van der Waals surface area contributed by atoms with Crippen molar-refractivity contribution < 1.29 is 9.90 Å². The molecule has 0 radical (unpaired) electrons. The second-order valence-corrected chi connectivity index (χ2v) is 4.96. The summed E-state index contributed by atoms with van der Waals surface area (Å²) in [6.45, 7) is 7.61. The fourth-order valence-corrected chi connectivity index (χ4v) is 1.88. The molecule has 0 aliphatic carbocycles. The van der Waals surface area contributed by atoms with Gasteiger partial charge in [0.15, 0.2) is 0 Å². The van der Waals surface area contributed by atoms with Gasteiger partial charge in [0.1, 0.15) is 0 Å². The molecular weight excluding hydrogens is 180 g/mol. The molecule has 0 aromatic heterocycles. The van der Waals surface area contributed by atoms with Crippen LogP contribution in [-0.4, -0.2) is 40.8 Å². The van der Waals surface area contributed by atoms with Crippen molar-refractivity contribution in [3.8, 4) is 0 Å². The Bertz CT molecular complexity index is 211. The van der Waals surface area contributed by atoms with Crippen LogP contribution in [0.25, 0.3) is 0 Å². The number of carbonyl (C=O) groups is 1. The van der Waals surface area contributed by atoms with Crippen LogP contribution in [0, 0.1) is 0 Å². The second-order valence-electron chi connectivity index (χ2n) is 4.96. The summed E-state index contributed by atoms with van der Waals surface area (Å²) >= 11 is 0. The Morgan fingerprint density at radius 2 is 2.14 bits per heavy atom. The Morgan fingerprint density at radius 3 is 2.64 bits per heavy atom. The fourth-order valence-electron chi connectivity index (χ4n) is 1.88. The van der Waals surface area contributed by atoms with Crippen molar-refractivity contribution in [1.29, 1.82) is 0 Å². The molecule has 0 unspecified atom stereocenters. The maximum atomic E-state index is 10.8. The summed E-state index contributed by atoms with van der Waals surface area (Å²) in [6.07, 6.45) is 1.23. The lowest BCUT2D eigenvalue weighted by molar-refractivity contribution is 0.121. The van der Waals surface area contributed by atoms with E-state index in [0.29, 0.717) is 19.1 Å². The molecule has 4 nitrogen and oxygen atoms in total. The minimum Gasteiger partial charge on any atom is -0.465 e. The van der Waals surface area contributed by atoms with E-state index in [9.17, 15) is 4.79 Å². The summed E-state index contributed by atoms with van der Waals surface area (Å²) in [5, 5.41) is 12.3. The highest BCUT2D eigenvalue weighted by atomic mass is 16.4. The number of likely N-dealkylation sites (tertiary alicyclic amines) is 1. The molecule has 2 N–H and O–H groups in total. The highest BCUT2D eigenvalue weighted by molar-refractivity contribution is 5.65. The van der Waals surface area contributed by atoms with Crippen LogP contribution in [0.5, 0.6) is 0 Å². The van der Waals surface area contributed by atoms with Gasteiger partial charge in [0, 0.05) is 24.7 Å². The van der Waals surface area contributed by atoms with Gasteiger partial charge in [-0.1, -0.05) is 0 Å². The molecule has 0 aromatic rings. The van der Waals surface area contributed by atoms with E-state index in [2.05, 4.69) is 26.1 Å². The summed E-state index contributed by atoms with van der Waals surface area (Å²) in [7, 11) is 0. The first-order chi connectivity index (χ1) is 6.38. The lowest BCUT2D eigenvalue weighted by Gasteiger charge is -2.35. The van der Waals surface area contributed by atoms with E-state index < -0.39 is 6.09 Å². The number of amides is 1. The van der Waals surface area contributed by atoms with Crippen molar-refractivity contribution >= 4 is 6.09 Å². The van der Waals surface area contributed by atoms with Crippen LogP contribution >= 0.6 is 0 Å².